The molecule has 0 atom stereocenters. The quantitative estimate of drug-likeness (QED) is 0.516. The Morgan fingerprint density at radius 1 is 1.07 bits per heavy atom. The Hall–Kier alpha value is -3.40. The molecule has 3 aromatic rings. The standard InChI is InChI=1S/C20H21FN4O5/c1-4-29-16(26)10-15-18(20(27)30-5-2)22-23-19-17(12-6-8-13(21)9-7-12)14(11-28-3)24-25(15)19/h6-9H,4-5,10-11H2,1-3H3. The summed E-state index contributed by atoms with van der Waals surface area (Å²) < 4.78 is 30.1. The number of hydrogen-bond acceptors (Lipinski definition) is 8. The molecule has 3 rings (SSSR count). The summed E-state index contributed by atoms with van der Waals surface area (Å²) in [7, 11) is 1.51. The van der Waals surface area contributed by atoms with Gasteiger partial charge in [-0.05, 0) is 31.5 Å². The molecular formula is C20H21FN4O5. The molecule has 0 unspecified atom stereocenters. The monoisotopic (exact) mass is 416 g/mol. The van der Waals surface area contributed by atoms with Gasteiger partial charge < -0.3 is 14.2 Å². The van der Waals surface area contributed by atoms with Gasteiger partial charge >= 0.3 is 11.9 Å². The van der Waals surface area contributed by atoms with Crippen LogP contribution in [0.15, 0.2) is 24.3 Å². The maximum absolute atomic E-state index is 13.4. The lowest BCUT2D eigenvalue weighted by Gasteiger charge is -2.09. The molecule has 0 radical (unpaired) electrons. The van der Waals surface area contributed by atoms with E-state index in [-0.39, 0.29) is 43.4 Å². The van der Waals surface area contributed by atoms with E-state index in [1.54, 1.807) is 26.0 Å². The number of benzene rings is 1. The third kappa shape index (κ3) is 4.28. The third-order valence-electron chi connectivity index (χ3n) is 4.21. The molecule has 10 heteroatoms. The van der Waals surface area contributed by atoms with E-state index in [2.05, 4.69) is 15.3 Å². The highest BCUT2D eigenvalue weighted by Crippen LogP contribution is 2.29. The molecule has 0 aliphatic rings. The molecule has 0 N–H and O–H groups in total. The van der Waals surface area contributed by atoms with E-state index in [1.807, 2.05) is 0 Å². The fraction of sp³-hybridized carbons (Fsp3) is 0.350. The molecule has 0 bridgehead atoms. The predicted molar refractivity (Wildman–Crippen MR) is 103 cm³/mol. The van der Waals surface area contributed by atoms with Gasteiger partial charge in [-0.25, -0.2) is 13.7 Å². The Bertz CT molecular complexity index is 1070. The zero-order chi connectivity index (χ0) is 21.7. The minimum absolute atomic E-state index is 0.129. The van der Waals surface area contributed by atoms with E-state index in [4.69, 9.17) is 14.2 Å². The van der Waals surface area contributed by atoms with Gasteiger partial charge in [0.25, 0.3) is 0 Å². The number of carbonyl (C=O) groups is 2. The Balaban J connectivity index is 2.25. The van der Waals surface area contributed by atoms with E-state index < -0.39 is 11.9 Å². The lowest BCUT2D eigenvalue weighted by Crippen LogP contribution is -2.20. The topological polar surface area (TPSA) is 105 Å². The van der Waals surface area contributed by atoms with Crippen LogP contribution in [-0.4, -0.2) is 52.1 Å². The first-order valence-electron chi connectivity index (χ1n) is 9.34. The van der Waals surface area contributed by atoms with Gasteiger partial charge in [0, 0.05) is 7.11 Å². The molecule has 30 heavy (non-hydrogen) atoms. The molecule has 2 aromatic heterocycles. The van der Waals surface area contributed by atoms with Crippen molar-refractivity contribution in [2.45, 2.75) is 26.9 Å². The van der Waals surface area contributed by atoms with Crippen molar-refractivity contribution < 1.29 is 28.2 Å². The molecule has 158 valence electrons. The van der Waals surface area contributed by atoms with Gasteiger partial charge in [0.2, 0.25) is 0 Å². The van der Waals surface area contributed by atoms with Crippen molar-refractivity contribution in [2.75, 3.05) is 20.3 Å². The molecule has 0 amide bonds. The first kappa shape index (κ1) is 21.3. The number of carbonyl (C=O) groups excluding carboxylic acids is 2. The molecule has 0 saturated carbocycles. The summed E-state index contributed by atoms with van der Waals surface area (Å²) >= 11 is 0. The van der Waals surface area contributed by atoms with E-state index in [0.717, 1.165) is 0 Å². The number of nitrogens with zero attached hydrogens (tertiary/aromatic N) is 4. The summed E-state index contributed by atoms with van der Waals surface area (Å²) in [4.78, 5) is 24.6. The maximum Gasteiger partial charge on any atom is 0.360 e. The molecule has 2 heterocycles. The summed E-state index contributed by atoms with van der Waals surface area (Å²) in [5.74, 6) is -1.66. The SMILES string of the molecule is CCOC(=O)Cc1c(C(=O)OCC)nnc2c(-c3ccc(F)cc3)c(COC)nn12. The molecule has 0 aliphatic heterocycles. The van der Waals surface area contributed by atoms with Crippen molar-refractivity contribution in [2.24, 2.45) is 0 Å². The number of aromatic nitrogens is 4. The second kappa shape index (κ2) is 9.40. The Labute approximate surface area is 171 Å². The van der Waals surface area contributed by atoms with Crippen LogP contribution in [0.1, 0.15) is 35.7 Å². The maximum atomic E-state index is 13.4. The van der Waals surface area contributed by atoms with Gasteiger partial charge in [0.05, 0.1) is 43.2 Å². The molecule has 0 aliphatic carbocycles. The van der Waals surface area contributed by atoms with Crippen LogP contribution in [-0.2, 0) is 32.0 Å². The first-order chi connectivity index (χ1) is 14.5. The summed E-state index contributed by atoms with van der Waals surface area (Å²) in [5.41, 5.74) is 2.03. The van der Waals surface area contributed by atoms with Crippen molar-refractivity contribution in [3.8, 4) is 11.1 Å². The normalized spacial score (nSPS) is 10.9. The lowest BCUT2D eigenvalue weighted by atomic mass is 10.1. The van der Waals surface area contributed by atoms with Crippen LogP contribution >= 0.6 is 0 Å². The van der Waals surface area contributed by atoms with Gasteiger partial charge in [-0.3, -0.25) is 4.79 Å². The number of halogens is 1. The van der Waals surface area contributed by atoms with E-state index >= 15 is 0 Å². The van der Waals surface area contributed by atoms with Gasteiger partial charge in [-0.1, -0.05) is 12.1 Å². The van der Waals surface area contributed by atoms with E-state index in [0.29, 0.717) is 22.5 Å². The summed E-state index contributed by atoms with van der Waals surface area (Å²) in [6.07, 6.45) is -0.259. The van der Waals surface area contributed by atoms with Crippen LogP contribution in [0.2, 0.25) is 0 Å². The number of fused-ring (bicyclic) bond motifs is 1. The van der Waals surface area contributed by atoms with Gasteiger partial charge in [0.15, 0.2) is 11.3 Å². The average molecular weight is 416 g/mol. The second-order valence-electron chi connectivity index (χ2n) is 6.19. The second-order valence-corrected chi connectivity index (χ2v) is 6.19. The van der Waals surface area contributed by atoms with Crippen LogP contribution in [0.25, 0.3) is 16.8 Å². The summed E-state index contributed by atoms with van der Waals surface area (Å²) in [6, 6.07) is 5.79. The highest BCUT2D eigenvalue weighted by molar-refractivity contribution is 5.91. The van der Waals surface area contributed by atoms with E-state index in [1.165, 1.54) is 23.8 Å². The predicted octanol–water partition coefficient (Wildman–Crippen LogP) is 2.36. The molecule has 0 fully saturated rings. The fourth-order valence-electron chi connectivity index (χ4n) is 3.00. The summed E-state index contributed by atoms with van der Waals surface area (Å²) in [6.45, 7) is 3.79. The number of rotatable bonds is 8. The molecule has 9 nitrogen and oxygen atoms in total. The van der Waals surface area contributed by atoms with Crippen LogP contribution in [0.4, 0.5) is 4.39 Å². The number of esters is 2. The molecule has 1 aromatic carbocycles. The number of methoxy groups -OCH3 is 1. The van der Waals surface area contributed by atoms with Crippen molar-refractivity contribution in [3.05, 3.63) is 47.2 Å². The third-order valence-corrected chi connectivity index (χ3v) is 4.21. The van der Waals surface area contributed by atoms with Gasteiger partial charge in [-0.2, -0.15) is 5.10 Å². The number of ether oxygens (including phenoxy) is 3. The molecule has 0 spiro atoms. The van der Waals surface area contributed by atoms with Gasteiger partial charge in [-0.15, -0.1) is 10.2 Å². The van der Waals surface area contributed by atoms with E-state index in [9.17, 15) is 14.0 Å². The van der Waals surface area contributed by atoms with Crippen molar-refractivity contribution in [3.63, 3.8) is 0 Å². The highest BCUT2D eigenvalue weighted by atomic mass is 19.1. The van der Waals surface area contributed by atoms with Crippen LogP contribution < -0.4 is 0 Å². The van der Waals surface area contributed by atoms with Crippen molar-refractivity contribution in [1.82, 2.24) is 19.8 Å². The zero-order valence-corrected chi connectivity index (χ0v) is 16.8. The van der Waals surface area contributed by atoms with Crippen LogP contribution in [0.3, 0.4) is 0 Å². The summed E-state index contributed by atoms with van der Waals surface area (Å²) in [5, 5.41) is 12.7. The largest absolute Gasteiger partial charge is 0.466 e. The highest BCUT2D eigenvalue weighted by Gasteiger charge is 2.26. The zero-order valence-electron chi connectivity index (χ0n) is 16.8. The minimum Gasteiger partial charge on any atom is -0.466 e. The molecular weight excluding hydrogens is 395 g/mol. The smallest absolute Gasteiger partial charge is 0.360 e. The minimum atomic E-state index is -0.724. The Morgan fingerprint density at radius 3 is 2.40 bits per heavy atom. The first-order valence-corrected chi connectivity index (χ1v) is 9.34. The van der Waals surface area contributed by atoms with Crippen LogP contribution in [0, 0.1) is 5.82 Å². The fourth-order valence-corrected chi connectivity index (χ4v) is 3.00. The Kier molecular flexibility index (Phi) is 6.68. The van der Waals surface area contributed by atoms with Crippen molar-refractivity contribution >= 4 is 17.6 Å². The lowest BCUT2D eigenvalue weighted by molar-refractivity contribution is -0.142. The molecule has 0 saturated heterocycles. The average Bonchev–Trinajstić information content (AvgIpc) is 3.08. The van der Waals surface area contributed by atoms with Gasteiger partial charge in [0.1, 0.15) is 5.82 Å². The number of hydrogen-bond donors (Lipinski definition) is 0. The van der Waals surface area contributed by atoms with Crippen molar-refractivity contribution in [1.29, 1.82) is 0 Å². The van der Waals surface area contributed by atoms with Crippen LogP contribution in [0.5, 0.6) is 0 Å². The Morgan fingerprint density at radius 2 is 1.77 bits per heavy atom.